The van der Waals surface area contributed by atoms with Gasteiger partial charge in [-0.05, 0) is 31.4 Å². The number of nitrogens with zero attached hydrogens (tertiary/aromatic N) is 2. The van der Waals surface area contributed by atoms with Gasteiger partial charge in [0.15, 0.2) is 0 Å². The largest absolute Gasteiger partial charge is 0.376 e. The molecule has 6 nitrogen and oxygen atoms in total. The highest BCUT2D eigenvalue weighted by Crippen LogP contribution is 2.16. The summed E-state index contributed by atoms with van der Waals surface area (Å²) in [4.78, 5) is 16.2. The van der Waals surface area contributed by atoms with E-state index < -0.39 is 0 Å². The number of amides is 1. The second-order valence-electron chi connectivity index (χ2n) is 5.90. The number of hydrogen-bond acceptors (Lipinski definition) is 4. The molecule has 24 heavy (non-hydrogen) atoms. The normalized spacial score (nSPS) is 17.1. The monoisotopic (exact) mass is 329 g/mol. The summed E-state index contributed by atoms with van der Waals surface area (Å²) in [5, 5.41) is 2.91. The van der Waals surface area contributed by atoms with Gasteiger partial charge in [0.1, 0.15) is 12.4 Å². The molecule has 1 unspecified atom stereocenters. The molecule has 1 aliphatic heterocycles. The Morgan fingerprint density at radius 1 is 1.46 bits per heavy atom. The summed E-state index contributed by atoms with van der Waals surface area (Å²) >= 11 is 0. The number of benzene rings is 1. The summed E-state index contributed by atoms with van der Waals surface area (Å²) in [5.41, 5.74) is 2.05. The van der Waals surface area contributed by atoms with Crippen molar-refractivity contribution in [2.75, 3.05) is 19.8 Å². The molecule has 3 rings (SSSR count). The average molecular weight is 329 g/mol. The maximum Gasteiger partial charge on any atom is 0.246 e. The van der Waals surface area contributed by atoms with Gasteiger partial charge >= 0.3 is 0 Å². The quantitative estimate of drug-likeness (QED) is 0.844. The van der Waals surface area contributed by atoms with Crippen LogP contribution in [0.1, 0.15) is 24.2 Å². The highest BCUT2D eigenvalue weighted by Gasteiger charge is 2.16. The summed E-state index contributed by atoms with van der Waals surface area (Å²) in [6.45, 7) is 3.75. The predicted molar refractivity (Wildman–Crippen MR) is 89.9 cm³/mol. The fourth-order valence-electron chi connectivity index (χ4n) is 2.83. The minimum absolute atomic E-state index is 0.0616. The van der Waals surface area contributed by atoms with Crippen molar-refractivity contribution >= 4 is 5.91 Å². The number of imidazole rings is 1. The molecule has 1 amide bonds. The third kappa shape index (κ3) is 4.21. The zero-order valence-corrected chi connectivity index (χ0v) is 13.9. The Bertz CT molecular complexity index is 678. The Kier molecular flexibility index (Phi) is 5.61. The highest BCUT2D eigenvalue weighted by atomic mass is 16.5. The lowest BCUT2D eigenvalue weighted by Gasteiger charge is -2.13. The molecular formula is C18H23N3O3. The van der Waals surface area contributed by atoms with Gasteiger partial charge in [-0.1, -0.05) is 18.2 Å². The van der Waals surface area contributed by atoms with E-state index in [1.165, 1.54) is 0 Å². The standard InChI is InChI=1S/C18H23N3O3/c1-14-19-8-9-21(14)17-7-3-2-5-15(17)11-20-18(22)13-23-12-16-6-4-10-24-16/h2-3,5,7-9,16H,4,6,10-13H2,1H3,(H,20,22). The van der Waals surface area contributed by atoms with E-state index in [0.29, 0.717) is 13.2 Å². The van der Waals surface area contributed by atoms with Crippen LogP contribution in [0, 0.1) is 6.92 Å². The minimum Gasteiger partial charge on any atom is -0.376 e. The molecular weight excluding hydrogens is 306 g/mol. The lowest BCUT2D eigenvalue weighted by molar-refractivity contribution is -0.127. The molecule has 6 heteroatoms. The van der Waals surface area contributed by atoms with Gasteiger partial charge in [0, 0.05) is 25.5 Å². The number of ether oxygens (including phenoxy) is 2. The first-order chi connectivity index (χ1) is 11.7. The van der Waals surface area contributed by atoms with Crippen LogP contribution < -0.4 is 5.32 Å². The number of hydrogen-bond donors (Lipinski definition) is 1. The molecule has 0 radical (unpaired) electrons. The maximum absolute atomic E-state index is 12.0. The van der Waals surface area contributed by atoms with Crippen molar-refractivity contribution in [2.24, 2.45) is 0 Å². The number of aromatic nitrogens is 2. The van der Waals surface area contributed by atoms with Gasteiger partial charge in [-0.2, -0.15) is 0 Å². The molecule has 0 aliphatic carbocycles. The Hall–Kier alpha value is -2.18. The summed E-state index contributed by atoms with van der Waals surface area (Å²) in [5.74, 6) is 0.791. The number of nitrogens with one attached hydrogen (secondary N) is 1. The van der Waals surface area contributed by atoms with Crippen molar-refractivity contribution in [2.45, 2.75) is 32.4 Å². The van der Waals surface area contributed by atoms with E-state index >= 15 is 0 Å². The van der Waals surface area contributed by atoms with Crippen molar-refractivity contribution < 1.29 is 14.3 Å². The molecule has 1 N–H and O–H groups in total. The first kappa shape index (κ1) is 16.7. The molecule has 1 saturated heterocycles. The van der Waals surface area contributed by atoms with Crippen LogP contribution in [0.25, 0.3) is 5.69 Å². The molecule has 128 valence electrons. The van der Waals surface area contributed by atoms with Crippen LogP contribution in [-0.2, 0) is 20.8 Å². The van der Waals surface area contributed by atoms with Crippen molar-refractivity contribution in [3.63, 3.8) is 0 Å². The third-order valence-electron chi connectivity index (χ3n) is 4.11. The van der Waals surface area contributed by atoms with Crippen molar-refractivity contribution in [1.82, 2.24) is 14.9 Å². The van der Waals surface area contributed by atoms with Crippen LogP contribution in [0.2, 0.25) is 0 Å². The predicted octanol–water partition coefficient (Wildman–Crippen LogP) is 1.99. The second-order valence-corrected chi connectivity index (χ2v) is 5.90. The highest BCUT2D eigenvalue weighted by molar-refractivity contribution is 5.77. The average Bonchev–Trinajstić information content (AvgIpc) is 3.25. The van der Waals surface area contributed by atoms with Gasteiger partial charge in [0.25, 0.3) is 0 Å². The lowest BCUT2D eigenvalue weighted by Crippen LogP contribution is -2.29. The number of carbonyl (C=O) groups excluding carboxylic acids is 1. The Morgan fingerprint density at radius 2 is 2.33 bits per heavy atom. The van der Waals surface area contributed by atoms with Crippen LogP contribution in [0.15, 0.2) is 36.7 Å². The number of rotatable bonds is 7. The molecule has 0 saturated carbocycles. The molecule has 0 bridgehead atoms. The van der Waals surface area contributed by atoms with E-state index in [2.05, 4.69) is 10.3 Å². The summed E-state index contributed by atoms with van der Waals surface area (Å²) in [6, 6.07) is 7.96. The third-order valence-corrected chi connectivity index (χ3v) is 4.11. The lowest BCUT2D eigenvalue weighted by atomic mass is 10.1. The molecule has 1 aromatic carbocycles. The van der Waals surface area contributed by atoms with E-state index in [4.69, 9.17) is 9.47 Å². The van der Waals surface area contributed by atoms with Gasteiger partial charge in [0.05, 0.1) is 18.4 Å². The van der Waals surface area contributed by atoms with Gasteiger partial charge < -0.3 is 19.4 Å². The number of aryl methyl sites for hydroxylation is 1. The van der Waals surface area contributed by atoms with Gasteiger partial charge in [0.2, 0.25) is 5.91 Å². The second kappa shape index (κ2) is 8.08. The van der Waals surface area contributed by atoms with E-state index in [-0.39, 0.29) is 18.6 Å². The zero-order chi connectivity index (χ0) is 16.8. The van der Waals surface area contributed by atoms with E-state index in [1.54, 1.807) is 6.20 Å². The molecule has 1 fully saturated rings. The smallest absolute Gasteiger partial charge is 0.246 e. The zero-order valence-electron chi connectivity index (χ0n) is 13.9. The SMILES string of the molecule is Cc1nccn1-c1ccccc1CNC(=O)COCC1CCCO1. The molecule has 2 heterocycles. The molecule has 1 aromatic heterocycles. The summed E-state index contributed by atoms with van der Waals surface area (Å²) < 4.78 is 12.9. The van der Waals surface area contributed by atoms with Crippen molar-refractivity contribution in [3.05, 3.63) is 48.0 Å². The fourth-order valence-corrected chi connectivity index (χ4v) is 2.83. The topological polar surface area (TPSA) is 65.4 Å². The Labute approximate surface area is 141 Å². The Balaban J connectivity index is 1.51. The Morgan fingerprint density at radius 3 is 3.08 bits per heavy atom. The van der Waals surface area contributed by atoms with E-state index in [9.17, 15) is 4.79 Å². The number of para-hydroxylation sites is 1. The van der Waals surface area contributed by atoms with Crippen LogP contribution in [0.3, 0.4) is 0 Å². The van der Waals surface area contributed by atoms with Crippen LogP contribution in [-0.4, -0.2) is 41.4 Å². The molecule has 1 aliphatic rings. The van der Waals surface area contributed by atoms with Crippen LogP contribution >= 0.6 is 0 Å². The van der Waals surface area contributed by atoms with Crippen LogP contribution in [0.5, 0.6) is 0 Å². The van der Waals surface area contributed by atoms with Gasteiger partial charge in [-0.25, -0.2) is 4.98 Å². The first-order valence-corrected chi connectivity index (χ1v) is 8.28. The van der Waals surface area contributed by atoms with E-state index in [1.807, 2.05) is 42.0 Å². The minimum atomic E-state index is -0.120. The summed E-state index contributed by atoms with van der Waals surface area (Å²) in [7, 11) is 0. The fraction of sp³-hybridized carbons (Fsp3) is 0.444. The molecule has 2 aromatic rings. The first-order valence-electron chi connectivity index (χ1n) is 8.28. The molecule has 1 atom stereocenters. The number of carbonyl (C=O) groups is 1. The van der Waals surface area contributed by atoms with Crippen molar-refractivity contribution in [1.29, 1.82) is 0 Å². The van der Waals surface area contributed by atoms with Crippen LogP contribution in [0.4, 0.5) is 0 Å². The molecule has 0 spiro atoms. The maximum atomic E-state index is 12.0. The van der Waals surface area contributed by atoms with Gasteiger partial charge in [-0.15, -0.1) is 0 Å². The summed E-state index contributed by atoms with van der Waals surface area (Å²) in [6.07, 6.45) is 5.91. The van der Waals surface area contributed by atoms with Gasteiger partial charge in [-0.3, -0.25) is 4.79 Å². The van der Waals surface area contributed by atoms with Crippen molar-refractivity contribution in [3.8, 4) is 5.69 Å². The van der Waals surface area contributed by atoms with E-state index in [0.717, 1.165) is 36.5 Å².